The Morgan fingerprint density at radius 2 is 1.63 bits per heavy atom. The van der Waals surface area contributed by atoms with Crippen molar-refractivity contribution in [2.24, 2.45) is 0 Å². The highest BCUT2D eigenvalue weighted by molar-refractivity contribution is 7.22. The number of ether oxygens (including phenoxy) is 2. The van der Waals surface area contributed by atoms with Crippen LogP contribution >= 0.6 is 11.3 Å². The molecule has 0 aliphatic carbocycles. The summed E-state index contributed by atoms with van der Waals surface area (Å²) in [5.74, 6) is 1.89. The summed E-state index contributed by atoms with van der Waals surface area (Å²) in [6.45, 7) is 8.28. The van der Waals surface area contributed by atoms with Crippen LogP contribution in [0.15, 0.2) is 42.5 Å². The summed E-state index contributed by atoms with van der Waals surface area (Å²) in [4.78, 5) is 21.7. The van der Waals surface area contributed by atoms with Crippen molar-refractivity contribution in [1.82, 2.24) is 9.88 Å². The van der Waals surface area contributed by atoms with Gasteiger partial charge in [-0.25, -0.2) is 4.98 Å². The molecule has 6 nitrogen and oxygen atoms in total. The SMILES string of the molecule is CCOc1ccc(CC(=O)N2CCN(c3nc4ccc(OCC)cc4s3)CC2)cc1. The van der Waals surface area contributed by atoms with E-state index in [1.807, 2.05) is 55.1 Å². The lowest BCUT2D eigenvalue weighted by molar-refractivity contribution is -0.130. The normalized spacial score (nSPS) is 14.2. The van der Waals surface area contributed by atoms with Gasteiger partial charge in [0, 0.05) is 26.2 Å². The third-order valence-corrected chi connectivity index (χ3v) is 6.23. The van der Waals surface area contributed by atoms with Gasteiger partial charge in [0.15, 0.2) is 5.13 Å². The molecule has 1 saturated heterocycles. The lowest BCUT2D eigenvalue weighted by Gasteiger charge is -2.34. The smallest absolute Gasteiger partial charge is 0.227 e. The predicted octanol–water partition coefficient (Wildman–Crippen LogP) is 3.99. The lowest BCUT2D eigenvalue weighted by atomic mass is 10.1. The maximum Gasteiger partial charge on any atom is 0.227 e. The van der Waals surface area contributed by atoms with E-state index in [-0.39, 0.29) is 5.91 Å². The molecule has 2 heterocycles. The lowest BCUT2D eigenvalue weighted by Crippen LogP contribution is -2.49. The third-order valence-electron chi connectivity index (χ3n) is 5.15. The van der Waals surface area contributed by atoms with Crippen LogP contribution < -0.4 is 14.4 Å². The number of aromatic nitrogens is 1. The van der Waals surface area contributed by atoms with E-state index in [0.717, 1.165) is 58.6 Å². The fraction of sp³-hybridized carbons (Fsp3) is 0.391. The van der Waals surface area contributed by atoms with E-state index in [2.05, 4.69) is 11.0 Å². The van der Waals surface area contributed by atoms with Crippen molar-refractivity contribution in [3.63, 3.8) is 0 Å². The van der Waals surface area contributed by atoms with E-state index >= 15 is 0 Å². The van der Waals surface area contributed by atoms with Crippen molar-refractivity contribution in [3.05, 3.63) is 48.0 Å². The number of thiazole rings is 1. The van der Waals surface area contributed by atoms with Gasteiger partial charge in [0.05, 0.1) is 29.9 Å². The number of amides is 1. The van der Waals surface area contributed by atoms with Gasteiger partial charge in [-0.05, 0) is 49.7 Å². The van der Waals surface area contributed by atoms with Gasteiger partial charge < -0.3 is 19.3 Å². The second-order valence-corrected chi connectivity index (χ2v) is 8.19. The number of carbonyl (C=O) groups is 1. The van der Waals surface area contributed by atoms with Crippen molar-refractivity contribution < 1.29 is 14.3 Å². The van der Waals surface area contributed by atoms with Crippen LogP contribution in [0.4, 0.5) is 5.13 Å². The number of carbonyl (C=O) groups excluding carboxylic acids is 1. The van der Waals surface area contributed by atoms with E-state index in [1.165, 1.54) is 0 Å². The fourth-order valence-electron chi connectivity index (χ4n) is 3.59. The summed E-state index contributed by atoms with van der Waals surface area (Å²) in [7, 11) is 0. The van der Waals surface area contributed by atoms with Crippen molar-refractivity contribution in [2.75, 3.05) is 44.3 Å². The molecule has 0 atom stereocenters. The maximum absolute atomic E-state index is 12.7. The van der Waals surface area contributed by atoms with E-state index in [0.29, 0.717) is 19.6 Å². The van der Waals surface area contributed by atoms with E-state index < -0.39 is 0 Å². The van der Waals surface area contributed by atoms with Gasteiger partial charge in [0.1, 0.15) is 11.5 Å². The van der Waals surface area contributed by atoms with Crippen LogP contribution in [0.25, 0.3) is 10.2 Å². The monoisotopic (exact) mass is 425 g/mol. The summed E-state index contributed by atoms with van der Waals surface area (Å²) < 4.78 is 12.2. The summed E-state index contributed by atoms with van der Waals surface area (Å²) in [5.41, 5.74) is 2.01. The Kier molecular flexibility index (Phi) is 6.38. The van der Waals surface area contributed by atoms with E-state index in [4.69, 9.17) is 14.5 Å². The molecule has 1 amide bonds. The molecule has 4 rings (SSSR count). The first-order valence-electron chi connectivity index (χ1n) is 10.4. The van der Waals surface area contributed by atoms with Crippen LogP contribution in [0.2, 0.25) is 0 Å². The Balaban J connectivity index is 1.34. The average Bonchev–Trinajstić information content (AvgIpc) is 3.19. The molecule has 30 heavy (non-hydrogen) atoms. The zero-order chi connectivity index (χ0) is 20.9. The number of hydrogen-bond acceptors (Lipinski definition) is 6. The Bertz CT molecular complexity index is 995. The molecule has 1 aromatic heterocycles. The van der Waals surface area contributed by atoms with Crippen LogP contribution in [-0.4, -0.2) is 55.2 Å². The zero-order valence-corrected chi connectivity index (χ0v) is 18.3. The first-order chi connectivity index (χ1) is 14.7. The molecule has 7 heteroatoms. The molecule has 0 N–H and O–H groups in total. The Hall–Kier alpha value is -2.80. The minimum Gasteiger partial charge on any atom is -0.494 e. The number of rotatable bonds is 7. The Morgan fingerprint density at radius 1 is 0.967 bits per heavy atom. The largest absolute Gasteiger partial charge is 0.494 e. The highest BCUT2D eigenvalue weighted by Crippen LogP contribution is 2.32. The number of hydrogen-bond donors (Lipinski definition) is 0. The number of benzene rings is 2. The predicted molar refractivity (Wildman–Crippen MR) is 121 cm³/mol. The van der Waals surface area contributed by atoms with Gasteiger partial charge in [-0.1, -0.05) is 23.5 Å². The second-order valence-electron chi connectivity index (χ2n) is 7.18. The molecule has 0 radical (unpaired) electrons. The summed E-state index contributed by atoms with van der Waals surface area (Å²) in [6, 6.07) is 13.8. The highest BCUT2D eigenvalue weighted by Gasteiger charge is 2.23. The molecular weight excluding hydrogens is 398 g/mol. The van der Waals surface area contributed by atoms with Crippen LogP contribution in [0.5, 0.6) is 11.5 Å². The molecule has 0 saturated carbocycles. The molecule has 1 aliphatic rings. The van der Waals surface area contributed by atoms with Gasteiger partial charge in [0.2, 0.25) is 5.91 Å². The number of anilines is 1. The molecule has 1 fully saturated rings. The molecule has 3 aromatic rings. The Morgan fingerprint density at radius 3 is 2.33 bits per heavy atom. The molecule has 2 aromatic carbocycles. The minimum absolute atomic E-state index is 0.171. The zero-order valence-electron chi connectivity index (χ0n) is 17.5. The second kappa shape index (κ2) is 9.34. The number of fused-ring (bicyclic) bond motifs is 1. The number of nitrogens with zero attached hydrogens (tertiary/aromatic N) is 3. The van der Waals surface area contributed by atoms with Crippen molar-refractivity contribution in [2.45, 2.75) is 20.3 Å². The van der Waals surface area contributed by atoms with Gasteiger partial charge in [-0.15, -0.1) is 0 Å². The number of piperazine rings is 1. The van der Waals surface area contributed by atoms with E-state index in [9.17, 15) is 4.79 Å². The molecule has 0 bridgehead atoms. The van der Waals surface area contributed by atoms with Crippen LogP contribution in [0.1, 0.15) is 19.4 Å². The standard InChI is InChI=1S/C23H27N3O3S/c1-3-28-18-7-5-17(6-8-18)15-22(27)25-11-13-26(14-12-25)23-24-20-10-9-19(29-4-2)16-21(20)30-23/h5-10,16H,3-4,11-15H2,1-2H3. The fourth-order valence-corrected chi connectivity index (χ4v) is 4.63. The Labute approximate surface area is 181 Å². The summed E-state index contributed by atoms with van der Waals surface area (Å²) in [5, 5.41) is 1.01. The molecule has 0 spiro atoms. The molecule has 158 valence electrons. The topological polar surface area (TPSA) is 54.9 Å². The van der Waals surface area contributed by atoms with Crippen molar-refractivity contribution >= 4 is 32.6 Å². The van der Waals surface area contributed by atoms with Gasteiger partial charge in [-0.3, -0.25) is 4.79 Å². The van der Waals surface area contributed by atoms with Crippen molar-refractivity contribution in [3.8, 4) is 11.5 Å². The summed E-state index contributed by atoms with van der Waals surface area (Å²) in [6.07, 6.45) is 0.424. The van der Waals surface area contributed by atoms with Gasteiger partial charge in [0.25, 0.3) is 0 Å². The molecule has 0 unspecified atom stereocenters. The minimum atomic E-state index is 0.171. The summed E-state index contributed by atoms with van der Waals surface area (Å²) >= 11 is 1.68. The van der Waals surface area contributed by atoms with E-state index in [1.54, 1.807) is 11.3 Å². The van der Waals surface area contributed by atoms with Crippen LogP contribution in [0.3, 0.4) is 0 Å². The maximum atomic E-state index is 12.7. The van der Waals surface area contributed by atoms with Crippen molar-refractivity contribution in [1.29, 1.82) is 0 Å². The first kappa shape index (κ1) is 20.5. The van der Waals surface area contributed by atoms with Gasteiger partial charge >= 0.3 is 0 Å². The van der Waals surface area contributed by atoms with Crippen LogP contribution in [0, 0.1) is 0 Å². The highest BCUT2D eigenvalue weighted by atomic mass is 32.1. The molecule has 1 aliphatic heterocycles. The third kappa shape index (κ3) is 4.67. The average molecular weight is 426 g/mol. The van der Waals surface area contributed by atoms with Gasteiger partial charge in [-0.2, -0.15) is 0 Å². The van der Waals surface area contributed by atoms with Crippen LogP contribution in [-0.2, 0) is 11.2 Å². The quantitative estimate of drug-likeness (QED) is 0.573. The first-order valence-corrected chi connectivity index (χ1v) is 11.3. The molecular formula is C23H27N3O3S.